The second kappa shape index (κ2) is 10.7. The number of hydrogen-bond acceptors (Lipinski definition) is 9. The van der Waals surface area contributed by atoms with Crippen molar-refractivity contribution in [3.05, 3.63) is 76.5 Å². The third kappa shape index (κ3) is 5.92. The molecule has 4 rings (SSSR count). The topological polar surface area (TPSA) is 148 Å². The number of amides is 2. The Labute approximate surface area is 203 Å². The van der Waals surface area contributed by atoms with Crippen molar-refractivity contribution in [2.45, 2.75) is 11.7 Å². The standard InChI is InChI=1S/C23H19N5O6S/c1-33-19-11-15(28(31)32)7-9-17(19)18-10-8-16(34-18)13-24-27-23-26-22(30)20(35-23)12-21(29)25-14-5-3-2-4-6-14/h2-11,13,20H,12H2,1H3,(H,25,29)(H,26,27,30)/b24-13+. The lowest BCUT2D eigenvalue weighted by molar-refractivity contribution is -0.384. The number of nitro benzene ring substituents is 1. The number of para-hydroxylation sites is 1. The first-order valence-electron chi connectivity index (χ1n) is 10.3. The van der Waals surface area contributed by atoms with Gasteiger partial charge in [0.25, 0.3) is 5.69 Å². The van der Waals surface area contributed by atoms with Crippen LogP contribution in [0.25, 0.3) is 11.3 Å². The molecule has 1 saturated heterocycles. The number of hydrogen-bond donors (Lipinski definition) is 2. The predicted molar refractivity (Wildman–Crippen MR) is 132 cm³/mol. The molecule has 1 unspecified atom stereocenters. The summed E-state index contributed by atoms with van der Waals surface area (Å²) in [6.07, 6.45) is 1.35. The molecule has 0 aliphatic carbocycles. The quantitative estimate of drug-likeness (QED) is 0.275. The van der Waals surface area contributed by atoms with Gasteiger partial charge in [-0.1, -0.05) is 30.0 Å². The van der Waals surface area contributed by atoms with Gasteiger partial charge in [-0.3, -0.25) is 19.7 Å². The van der Waals surface area contributed by atoms with Crippen molar-refractivity contribution in [2.75, 3.05) is 12.4 Å². The second-order valence-electron chi connectivity index (χ2n) is 7.21. The maximum absolute atomic E-state index is 12.2. The maximum atomic E-state index is 12.2. The van der Waals surface area contributed by atoms with Gasteiger partial charge in [-0.15, -0.1) is 5.10 Å². The average molecular weight is 494 g/mol. The first kappa shape index (κ1) is 23.7. The van der Waals surface area contributed by atoms with Crippen LogP contribution in [0.1, 0.15) is 12.2 Å². The minimum Gasteiger partial charge on any atom is -0.496 e. The summed E-state index contributed by atoms with van der Waals surface area (Å²) in [5.74, 6) is 0.498. The molecule has 1 aliphatic rings. The molecule has 178 valence electrons. The van der Waals surface area contributed by atoms with E-state index >= 15 is 0 Å². The Balaban J connectivity index is 1.37. The van der Waals surface area contributed by atoms with E-state index in [4.69, 9.17) is 9.15 Å². The largest absolute Gasteiger partial charge is 0.496 e. The van der Waals surface area contributed by atoms with Crippen LogP contribution >= 0.6 is 11.8 Å². The second-order valence-corrected chi connectivity index (χ2v) is 8.40. The summed E-state index contributed by atoms with van der Waals surface area (Å²) >= 11 is 1.12. The highest BCUT2D eigenvalue weighted by atomic mass is 32.2. The number of ether oxygens (including phenoxy) is 1. The summed E-state index contributed by atoms with van der Waals surface area (Å²) in [4.78, 5) is 34.8. The third-order valence-corrected chi connectivity index (χ3v) is 5.90. The molecule has 35 heavy (non-hydrogen) atoms. The molecule has 2 N–H and O–H groups in total. The fourth-order valence-corrected chi connectivity index (χ4v) is 4.11. The van der Waals surface area contributed by atoms with Gasteiger partial charge in [0.2, 0.25) is 11.8 Å². The van der Waals surface area contributed by atoms with E-state index in [0.29, 0.717) is 28.5 Å². The zero-order valence-corrected chi connectivity index (χ0v) is 19.2. The Morgan fingerprint density at radius 3 is 2.80 bits per heavy atom. The first-order valence-corrected chi connectivity index (χ1v) is 11.2. The van der Waals surface area contributed by atoms with Crippen molar-refractivity contribution >= 4 is 46.3 Å². The van der Waals surface area contributed by atoms with Crippen molar-refractivity contribution in [1.29, 1.82) is 0 Å². The molecular weight excluding hydrogens is 474 g/mol. The van der Waals surface area contributed by atoms with Crippen LogP contribution in [0.2, 0.25) is 0 Å². The number of nitrogens with one attached hydrogen (secondary N) is 2. The van der Waals surface area contributed by atoms with E-state index in [1.54, 1.807) is 36.4 Å². The number of methoxy groups -OCH3 is 1. The van der Waals surface area contributed by atoms with E-state index in [1.165, 1.54) is 31.5 Å². The number of nitro groups is 1. The highest BCUT2D eigenvalue weighted by Gasteiger charge is 2.32. The average Bonchev–Trinajstić information content (AvgIpc) is 3.45. The fraction of sp³-hybridized carbons (Fsp3) is 0.130. The van der Waals surface area contributed by atoms with Crippen LogP contribution in [-0.4, -0.2) is 40.5 Å². The highest BCUT2D eigenvalue weighted by Crippen LogP contribution is 2.34. The molecule has 2 amide bonds. The van der Waals surface area contributed by atoms with E-state index in [9.17, 15) is 19.7 Å². The summed E-state index contributed by atoms with van der Waals surface area (Å²) in [5, 5.41) is 23.9. The van der Waals surface area contributed by atoms with Gasteiger partial charge in [0.05, 0.1) is 29.9 Å². The van der Waals surface area contributed by atoms with Crippen LogP contribution < -0.4 is 15.4 Å². The van der Waals surface area contributed by atoms with Gasteiger partial charge in [-0.05, 0) is 30.3 Å². The number of benzene rings is 2. The molecule has 0 radical (unpaired) electrons. The molecule has 2 aromatic carbocycles. The lowest BCUT2D eigenvalue weighted by atomic mass is 10.1. The van der Waals surface area contributed by atoms with Gasteiger partial charge >= 0.3 is 0 Å². The lowest BCUT2D eigenvalue weighted by Crippen LogP contribution is -2.28. The summed E-state index contributed by atoms with van der Waals surface area (Å²) in [6, 6.07) is 16.5. The fourth-order valence-electron chi connectivity index (χ4n) is 3.19. The van der Waals surface area contributed by atoms with Gasteiger partial charge in [0, 0.05) is 18.2 Å². The minimum atomic E-state index is -0.613. The molecular formula is C23H19N5O6S. The number of nitrogens with zero attached hydrogens (tertiary/aromatic N) is 3. The number of thioether (sulfide) groups is 1. The Bertz CT molecular complexity index is 1320. The molecule has 3 aromatic rings. The van der Waals surface area contributed by atoms with Gasteiger partial charge < -0.3 is 19.8 Å². The molecule has 2 heterocycles. The Kier molecular flexibility index (Phi) is 7.21. The van der Waals surface area contributed by atoms with Crippen molar-refractivity contribution < 1.29 is 23.7 Å². The van der Waals surface area contributed by atoms with Crippen molar-refractivity contribution in [3.63, 3.8) is 0 Å². The summed E-state index contributed by atoms with van der Waals surface area (Å²) < 4.78 is 11.0. The monoisotopic (exact) mass is 493 g/mol. The summed E-state index contributed by atoms with van der Waals surface area (Å²) in [5.41, 5.74) is 1.10. The van der Waals surface area contributed by atoms with Crippen molar-refractivity contribution in [1.82, 2.24) is 5.32 Å². The van der Waals surface area contributed by atoms with Crippen LogP contribution in [0, 0.1) is 10.1 Å². The number of rotatable bonds is 8. The Morgan fingerprint density at radius 1 is 1.26 bits per heavy atom. The highest BCUT2D eigenvalue weighted by molar-refractivity contribution is 8.15. The molecule has 1 fully saturated rings. The van der Waals surface area contributed by atoms with Gasteiger partial charge in [-0.25, -0.2) is 0 Å². The van der Waals surface area contributed by atoms with Gasteiger partial charge in [0.15, 0.2) is 5.17 Å². The van der Waals surface area contributed by atoms with Crippen LogP contribution in [0.15, 0.2) is 75.3 Å². The van der Waals surface area contributed by atoms with Crippen LogP contribution in [0.4, 0.5) is 11.4 Å². The molecule has 0 spiro atoms. The number of anilines is 1. The van der Waals surface area contributed by atoms with Gasteiger partial charge in [0.1, 0.15) is 22.5 Å². The molecule has 1 atom stereocenters. The first-order chi connectivity index (χ1) is 16.9. The number of furan rings is 1. The number of carbonyl (C=O) groups excluding carboxylic acids is 2. The SMILES string of the molecule is COc1cc([N+](=O)[O-])ccc1-c1ccc(/C=N/N=C2/NC(=O)C(CC(=O)Nc3ccccc3)S2)o1. The number of non-ortho nitro benzene ring substituents is 1. The van der Waals surface area contributed by atoms with E-state index in [2.05, 4.69) is 20.8 Å². The smallest absolute Gasteiger partial charge is 0.273 e. The predicted octanol–water partition coefficient (Wildman–Crippen LogP) is 3.81. The van der Waals surface area contributed by atoms with E-state index in [1.807, 2.05) is 6.07 Å². The number of carbonyl (C=O) groups is 2. The molecule has 0 saturated carbocycles. The zero-order valence-electron chi connectivity index (χ0n) is 18.3. The maximum Gasteiger partial charge on any atom is 0.273 e. The molecule has 0 bridgehead atoms. The molecule has 1 aliphatic heterocycles. The van der Waals surface area contributed by atoms with Crippen molar-refractivity contribution in [2.24, 2.45) is 10.2 Å². The van der Waals surface area contributed by atoms with Crippen LogP contribution in [-0.2, 0) is 9.59 Å². The third-order valence-electron chi connectivity index (χ3n) is 4.83. The zero-order chi connectivity index (χ0) is 24.8. The van der Waals surface area contributed by atoms with E-state index in [0.717, 1.165) is 11.8 Å². The van der Waals surface area contributed by atoms with Crippen LogP contribution in [0.3, 0.4) is 0 Å². The molecule has 11 nitrogen and oxygen atoms in total. The summed E-state index contributed by atoms with van der Waals surface area (Å²) in [6.45, 7) is 0. The number of amidine groups is 1. The molecule has 12 heteroatoms. The van der Waals surface area contributed by atoms with E-state index < -0.39 is 10.2 Å². The Morgan fingerprint density at radius 2 is 2.06 bits per heavy atom. The van der Waals surface area contributed by atoms with Crippen molar-refractivity contribution in [3.8, 4) is 17.1 Å². The lowest BCUT2D eigenvalue weighted by Gasteiger charge is -2.06. The minimum absolute atomic E-state index is 0.00720. The normalized spacial score (nSPS) is 16.4. The van der Waals surface area contributed by atoms with E-state index in [-0.39, 0.29) is 29.1 Å². The Hall–Kier alpha value is -4.45. The van der Waals surface area contributed by atoms with Crippen LogP contribution in [0.5, 0.6) is 5.75 Å². The summed E-state index contributed by atoms with van der Waals surface area (Å²) in [7, 11) is 1.41. The molecule has 1 aromatic heterocycles. The van der Waals surface area contributed by atoms with Gasteiger partial charge in [-0.2, -0.15) is 5.10 Å².